The molecule has 1 fully saturated rings. The van der Waals surface area contributed by atoms with Gasteiger partial charge in [-0.3, -0.25) is 4.40 Å². The van der Waals surface area contributed by atoms with Gasteiger partial charge in [-0.05, 0) is 25.0 Å². The number of piperidine rings is 1. The maximum Gasteiger partial charge on any atom is 0.209 e. The van der Waals surface area contributed by atoms with Gasteiger partial charge in [-0.2, -0.15) is 5.26 Å². The van der Waals surface area contributed by atoms with Gasteiger partial charge in [0.15, 0.2) is 11.5 Å². The van der Waals surface area contributed by atoms with Gasteiger partial charge < -0.3 is 4.90 Å². The van der Waals surface area contributed by atoms with Crippen molar-refractivity contribution >= 4 is 21.5 Å². The number of nitrogens with zero attached hydrogens (tertiary/aromatic N) is 4. The van der Waals surface area contributed by atoms with Crippen molar-refractivity contribution < 1.29 is 8.42 Å². The van der Waals surface area contributed by atoms with Crippen LogP contribution in [0, 0.1) is 11.3 Å². The highest BCUT2D eigenvalue weighted by Crippen LogP contribution is 2.24. The summed E-state index contributed by atoms with van der Waals surface area (Å²) in [7, 11) is -3.24. The lowest BCUT2D eigenvalue weighted by atomic mass is 10.1. The molecule has 7 nitrogen and oxygen atoms in total. The molecule has 0 bridgehead atoms. The molecule has 1 aliphatic rings. The zero-order valence-electron chi connectivity index (χ0n) is 12.2. The van der Waals surface area contributed by atoms with E-state index in [1.165, 1.54) is 0 Å². The van der Waals surface area contributed by atoms with Crippen LogP contribution in [0.1, 0.15) is 18.5 Å². The highest BCUT2D eigenvalue weighted by atomic mass is 32.2. The first-order valence-electron chi connectivity index (χ1n) is 7.07. The molecule has 0 radical (unpaired) electrons. The van der Waals surface area contributed by atoms with Gasteiger partial charge in [0.25, 0.3) is 0 Å². The molecule has 1 aliphatic heterocycles. The number of imidazole rings is 1. The van der Waals surface area contributed by atoms with E-state index >= 15 is 0 Å². The lowest BCUT2D eigenvalue weighted by molar-refractivity contribution is 0.466. The summed E-state index contributed by atoms with van der Waals surface area (Å²) in [6.45, 7) is 1.28. The number of aromatic nitrogens is 2. The third-order valence-corrected chi connectivity index (χ3v) is 4.48. The number of anilines is 1. The largest absolute Gasteiger partial charge is 0.353 e. The molecule has 22 heavy (non-hydrogen) atoms. The van der Waals surface area contributed by atoms with E-state index in [0.717, 1.165) is 25.6 Å². The Balaban J connectivity index is 1.92. The Bertz CT molecular complexity index is 837. The highest BCUT2D eigenvalue weighted by Gasteiger charge is 2.26. The molecular formula is C14H17N5O2S. The number of hydrogen-bond acceptors (Lipinski definition) is 5. The fourth-order valence-corrected chi connectivity index (χ4v) is 3.67. The molecule has 2 aromatic heterocycles. The van der Waals surface area contributed by atoms with Crippen molar-refractivity contribution in [3.05, 3.63) is 30.1 Å². The van der Waals surface area contributed by atoms with Gasteiger partial charge in [0.05, 0.1) is 6.26 Å². The molecule has 0 amide bonds. The molecule has 0 spiro atoms. The molecule has 3 heterocycles. The maximum absolute atomic E-state index is 11.4. The van der Waals surface area contributed by atoms with Crippen molar-refractivity contribution in [2.45, 2.75) is 18.9 Å². The molecule has 1 N–H and O–H groups in total. The fraction of sp³-hybridized carbons (Fsp3) is 0.429. The molecule has 8 heteroatoms. The zero-order valence-corrected chi connectivity index (χ0v) is 13.0. The predicted molar refractivity (Wildman–Crippen MR) is 83.1 cm³/mol. The lowest BCUT2D eigenvalue weighted by Crippen LogP contribution is -2.47. The number of nitrogens with one attached hydrogen (secondary N) is 1. The van der Waals surface area contributed by atoms with Crippen LogP contribution in [0.5, 0.6) is 0 Å². The number of sulfonamides is 1. The van der Waals surface area contributed by atoms with E-state index in [1.54, 1.807) is 10.6 Å². The van der Waals surface area contributed by atoms with Crippen molar-refractivity contribution in [3.8, 4) is 6.07 Å². The van der Waals surface area contributed by atoms with Gasteiger partial charge in [-0.1, -0.05) is 6.07 Å². The summed E-state index contributed by atoms with van der Waals surface area (Å²) in [4.78, 5) is 6.51. The van der Waals surface area contributed by atoms with Gasteiger partial charge in [0, 0.05) is 25.3 Å². The Labute approximate surface area is 129 Å². The van der Waals surface area contributed by atoms with Crippen LogP contribution < -0.4 is 9.62 Å². The molecule has 0 aromatic carbocycles. The molecule has 116 valence electrons. The van der Waals surface area contributed by atoms with Crippen molar-refractivity contribution in [1.29, 1.82) is 5.26 Å². The van der Waals surface area contributed by atoms with Crippen LogP contribution in [-0.4, -0.2) is 43.2 Å². The predicted octanol–water partition coefficient (Wildman–Crippen LogP) is 0.724. The molecule has 2 aromatic rings. The van der Waals surface area contributed by atoms with E-state index < -0.39 is 10.0 Å². The topological polar surface area (TPSA) is 90.5 Å². The minimum atomic E-state index is -3.24. The van der Waals surface area contributed by atoms with E-state index in [-0.39, 0.29) is 6.04 Å². The molecule has 1 atom stereocenters. The third kappa shape index (κ3) is 2.91. The number of nitriles is 1. The Morgan fingerprint density at radius 3 is 3.00 bits per heavy atom. The van der Waals surface area contributed by atoms with Gasteiger partial charge in [0.2, 0.25) is 10.0 Å². The summed E-state index contributed by atoms with van der Waals surface area (Å²) in [6, 6.07) is 7.62. The number of pyridine rings is 1. The fourth-order valence-electron chi connectivity index (χ4n) is 2.88. The molecule has 0 aliphatic carbocycles. The molecule has 1 unspecified atom stereocenters. The van der Waals surface area contributed by atoms with E-state index in [2.05, 4.69) is 15.8 Å². The average molecular weight is 319 g/mol. The summed E-state index contributed by atoms with van der Waals surface area (Å²) in [5.74, 6) is 0.619. The van der Waals surface area contributed by atoms with Crippen molar-refractivity contribution in [2.24, 2.45) is 0 Å². The zero-order chi connectivity index (χ0) is 15.7. The van der Waals surface area contributed by atoms with Crippen molar-refractivity contribution in [1.82, 2.24) is 14.1 Å². The number of hydrogen-bond donors (Lipinski definition) is 1. The number of rotatable bonds is 3. The summed E-state index contributed by atoms with van der Waals surface area (Å²) in [5, 5.41) is 9.44. The van der Waals surface area contributed by atoms with E-state index in [1.807, 2.05) is 23.1 Å². The first-order chi connectivity index (χ1) is 10.5. The van der Waals surface area contributed by atoms with Gasteiger partial charge in [-0.25, -0.2) is 18.1 Å². The van der Waals surface area contributed by atoms with Gasteiger partial charge in [0.1, 0.15) is 11.7 Å². The summed E-state index contributed by atoms with van der Waals surface area (Å²) < 4.78 is 27.2. The molecular weight excluding hydrogens is 302 g/mol. The van der Waals surface area contributed by atoms with E-state index in [9.17, 15) is 13.7 Å². The van der Waals surface area contributed by atoms with E-state index in [0.29, 0.717) is 23.7 Å². The first kappa shape index (κ1) is 14.8. The SMILES string of the molecule is CS(=O)(=O)NC1CCCN(c2nc3ccccn3c2C#N)C1. The average Bonchev–Trinajstić information content (AvgIpc) is 2.84. The van der Waals surface area contributed by atoms with Crippen LogP contribution in [0.4, 0.5) is 5.82 Å². The lowest BCUT2D eigenvalue weighted by Gasteiger charge is -2.33. The Morgan fingerprint density at radius 2 is 2.27 bits per heavy atom. The summed E-state index contributed by atoms with van der Waals surface area (Å²) >= 11 is 0. The Morgan fingerprint density at radius 1 is 1.45 bits per heavy atom. The third-order valence-electron chi connectivity index (χ3n) is 3.72. The van der Waals surface area contributed by atoms with Crippen molar-refractivity contribution in [2.75, 3.05) is 24.2 Å². The first-order valence-corrected chi connectivity index (χ1v) is 8.96. The Kier molecular flexibility index (Phi) is 3.76. The molecule has 0 saturated carbocycles. The maximum atomic E-state index is 11.4. The van der Waals surface area contributed by atoms with Crippen LogP contribution in [0.25, 0.3) is 5.65 Å². The second-order valence-electron chi connectivity index (χ2n) is 5.50. The summed E-state index contributed by atoms with van der Waals surface area (Å²) in [6.07, 6.45) is 4.61. The number of fused-ring (bicyclic) bond motifs is 1. The summed E-state index contributed by atoms with van der Waals surface area (Å²) in [5.41, 5.74) is 1.20. The van der Waals surface area contributed by atoms with Crippen LogP contribution in [0.3, 0.4) is 0 Å². The normalized spacial score (nSPS) is 19.3. The minimum Gasteiger partial charge on any atom is -0.353 e. The van der Waals surface area contributed by atoms with Crippen LogP contribution in [0.15, 0.2) is 24.4 Å². The second kappa shape index (κ2) is 5.59. The minimum absolute atomic E-state index is 0.153. The Hall–Kier alpha value is -2.11. The standard InChI is InChI=1S/C14H17N5O2S/c1-22(20,21)17-11-5-4-7-18(10-11)14-12(9-15)19-8-3-2-6-13(19)16-14/h2-3,6,8,11,17H,4-5,7,10H2,1H3. The second-order valence-corrected chi connectivity index (χ2v) is 7.28. The van der Waals surface area contributed by atoms with Crippen LogP contribution in [0.2, 0.25) is 0 Å². The monoisotopic (exact) mass is 319 g/mol. The van der Waals surface area contributed by atoms with Crippen LogP contribution in [-0.2, 0) is 10.0 Å². The van der Waals surface area contributed by atoms with Gasteiger partial charge >= 0.3 is 0 Å². The highest BCUT2D eigenvalue weighted by molar-refractivity contribution is 7.88. The van der Waals surface area contributed by atoms with Gasteiger partial charge in [-0.15, -0.1) is 0 Å². The molecule has 1 saturated heterocycles. The molecule has 3 rings (SSSR count). The quantitative estimate of drug-likeness (QED) is 0.900. The van der Waals surface area contributed by atoms with Crippen molar-refractivity contribution in [3.63, 3.8) is 0 Å². The smallest absolute Gasteiger partial charge is 0.209 e. The van der Waals surface area contributed by atoms with Crippen LogP contribution >= 0.6 is 0 Å². The van der Waals surface area contributed by atoms with E-state index in [4.69, 9.17) is 0 Å².